The van der Waals surface area contributed by atoms with E-state index in [1.165, 1.54) is 75.3 Å². The average Bonchev–Trinajstić information content (AvgIpc) is 2.75. The highest BCUT2D eigenvalue weighted by Gasteiger charge is 2.35. The van der Waals surface area contributed by atoms with Crippen LogP contribution in [0, 0.1) is 0 Å². The lowest BCUT2D eigenvalue weighted by Crippen LogP contribution is -2.31. The molecule has 0 atom stereocenters. The highest BCUT2D eigenvalue weighted by atomic mass is 32.3. The van der Waals surface area contributed by atoms with E-state index in [-0.39, 0.29) is 9.79 Å². The highest BCUT2D eigenvalue weighted by molar-refractivity contribution is 8.10. The zero-order valence-corrected chi connectivity index (χ0v) is 17.4. The molecule has 0 heterocycles. The Morgan fingerprint density at radius 2 is 0.893 bits per heavy atom. The minimum absolute atomic E-state index is 0.0852. The van der Waals surface area contributed by atoms with E-state index in [4.69, 9.17) is 0 Å². The lowest BCUT2D eigenvalue weighted by Gasteiger charge is -2.32. The van der Waals surface area contributed by atoms with Gasteiger partial charge in [-0.2, -0.15) is 0 Å². The molecular weight excluding hydrogens is 368 g/mol. The second kappa shape index (κ2) is 7.74. The second-order valence-corrected chi connectivity index (χ2v) is 11.3. The summed E-state index contributed by atoms with van der Waals surface area (Å²) >= 11 is 0. The molecule has 4 heteroatoms. The second-order valence-electron chi connectivity index (χ2n) is 8.67. The van der Waals surface area contributed by atoms with Gasteiger partial charge in [-0.15, -0.1) is 0 Å². The van der Waals surface area contributed by atoms with Crippen molar-refractivity contribution in [2.45, 2.75) is 85.8 Å². The lowest BCUT2D eigenvalue weighted by molar-refractivity contribution is 0.389. The Morgan fingerprint density at radius 1 is 0.571 bits per heavy atom. The van der Waals surface area contributed by atoms with Gasteiger partial charge in [0.05, 0.1) is 9.79 Å². The SMILES string of the molecule is O=S(O)(O)(c1ccc(C2CCCCC2)cc1)c1ccc(C2CCCCC2)cc1. The molecule has 28 heavy (non-hydrogen) atoms. The van der Waals surface area contributed by atoms with Crippen molar-refractivity contribution in [3.05, 3.63) is 59.7 Å². The van der Waals surface area contributed by atoms with Gasteiger partial charge in [0.25, 0.3) is 0 Å². The molecule has 0 aromatic heterocycles. The Morgan fingerprint density at radius 3 is 1.21 bits per heavy atom. The van der Waals surface area contributed by atoms with Crippen LogP contribution in [0.1, 0.15) is 87.2 Å². The number of hydrogen-bond acceptors (Lipinski definition) is 1. The Hall–Kier alpha value is -1.49. The molecule has 2 aliphatic rings. The normalized spacial score (nSPS) is 21.1. The number of rotatable bonds is 4. The molecule has 0 amide bonds. The van der Waals surface area contributed by atoms with Gasteiger partial charge in [0.1, 0.15) is 9.63 Å². The van der Waals surface area contributed by atoms with E-state index in [9.17, 15) is 13.3 Å². The first-order valence-electron chi connectivity index (χ1n) is 10.8. The summed E-state index contributed by atoms with van der Waals surface area (Å²) in [5, 5.41) is 0. The molecule has 0 unspecified atom stereocenters. The Kier molecular flexibility index (Phi) is 5.47. The van der Waals surface area contributed by atoms with Crippen molar-refractivity contribution in [2.75, 3.05) is 0 Å². The molecule has 2 saturated carbocycles. The highest BCUT2D eigenvalue weighted by Crippen LogP contribution is 2.40. The van der Waals surface area contributed by atoms with E-state index in [2.05, 4.69) is 0 Å². The van der Waals surface area contributed by atoms with Crippen LogP contribution in [0.25, 0.3) is 0 Å². The van der Waals surface area contributed by atoms with E-state index in [1.54, 1.807) is 24.3 Å². The summed E-state index contributed by atoms with van der Waals surface area (Å²) in [6.45, 7) is 0. The van der Waals surface area contributed by atoms with Crippen molar-refractivity contribution in [3.8, 4) is 0 Å². The van der Waals surface area contributed by atoms with Crippen molar-refractivity contribution in [3.63, 3.8) is 0 Å². The van der Waals surface area contributed by atoms with Gasteiger partial charge in [0, 0.05) is 0 Å². The minimum Gasteiger partial charge on any atom is -0.301 e. The van der Waals surface area contributed by atoms with Gasteiger partial charge in [-0.25, -0.2) is 4.21 Å². The molecule has 0 aliphatic heterocycles. The maximum Gasteiger partial charge on any atom is 0.135 e. The van der Waals surface area contributed by atoms with Crippen molar-refractivity contribution in [1.29, 1.82) is 0 Å². The quantitative estimate of drug-likeness (QED) is 0.583. The van der Waals surface area contributed by atoms with Crippen LogP contribution in [0.5, 0.6) is 0 Å². The molecule has 2 aliphatic carbocycles. The predicted molar refractivity (Wildman–Crippen MR) is 114 cm³/mol. The number of benzene rings is 2. The molecule has 0 bridgehead atoms. The summed E-state index contributed by atoms with van der Waals surface area (Å²) in [7, 11) is -5.05. The fraction of sp³-hybridized carbons (Fsp3) is 0.500. The van der Waals surface area contributed by atoms with E-state index in [0.717, 1.165) is 0 Å². The van der Waals surface area contributed by atoms with Crippen LogP contribution in [0.15, 0.2) is 58.3 Å². The third kappa shape index (κ3) is 3.96. The van der Waals surface area contributed by atoms with E-state index in [1.807, 2.05) is 24.3 Å². The van der Waals surface area contributed by atoms with Gasteiger partial charge < -0.3 is 9.11 Å². The maximum absolute atomic E-state index is 13.3. The van der Waals surface area contributed by atoms with Crippen LogP contribution < -0.4 is 0 Å². The molecule has 2 N–H and O–H groups in total. The summed E-state index contributed by atoms with van der Waals surface area (Å²) < 4.78 is 34.9. The fourth-order valence-corrected chi connectivity index (χ4v) is 6.50. The molecular formula is C24H32O3S. The zero-order valence-electron chi connectivity index (χ0n) is 16.6. The van der Waals surface area contributed by atoms with Gasteiger partial charge in [0.2, 0.25) is 0 Å². The Labute approximate surface area is 168 Å². The molecule has 2 aromatic rings. The Balaban J connectivity index is 1.57. The average molecular weight is 401 g/mol. The largest absolute Gasteiger partial charge is 0.301 e. The molecule has 0 radical (unpaired) electrons. The minimum atomic E-state index is -5.05. The van der Waals surface area contributed by atoms with Crippen LogP contribution in [-0.4, -0.2) is 13.3 Å². The van der Waals surface area contributed by atoms with Crippen molar-refractivity contribution in [2.24, 2.45) is 0 Å². The van der Waals surface area contributed by atoms with E-state index < -0.39 is 9.63 Å². The molecule has 0 saturated heterocycles. The van der Waals surface area contributed by atoms with Gasteiger partial charge in [0.15, 0.2) is 0 Å². The predicted octanol–water partition coefficient (Wildman–Crippen LogP) is 6.97. The molecule has 4 rings (SSSR count). The van der Waals surface area contributed by atoms with Crippen LogP contribution in [0.3, 0.4) is 0 Å². The summed E-state index contributed by atoms with van der Waals surface area (Å²) in [6.07, 6.45) is 12.3. The van der Waals surface area contributed by atoms with Gasteiger partial charge >= 0.3 is 0 Å². The summed E-state index contributed by atoms with van der Waals surface area (Å²) in [5.41, 5.74) is 2.42. The van der Waals surface area contributed by atoms with E-state index >= 15 is 0 Å². The third-order valence-corrected chi connectivity index (χ3v) is 9.01. The molecule has 3 nitrogen and oxygen atoms in total. The lowest BCUT2D eigenvalue weighted by atomic mass is 9.84. The van der Waals surface area contributed by atoms with Crippen molar-refractivity contribution < 1.29 is 13.3 Å². The first-order chi connectivity index (χ1) is 13.4. The third-order valence-electron chi connectivity index (χ3n) is 6.76. The first-order valence-corrected chi connectivity index (χ1v) is 12.7. The van der Waals surface area contributed by atoms with Crippen molar-refractivity contribution >= 4 is 9.63 Å². The molecule has 2 fully saturated rings. The van der Waals surface area contributed by atoms with Gasteiger partial charge in [-0.3, -0.25) is 0 Å². The topological polar surface area (TPSA) is 57.5 Å². The Bertz CT molecular complexity index is 784. The van der Waals surface area contributed by atoms with Crippen molar-refractivity contribution in [1.82, 2.24) is 0 Å². The smallest absolute Gasteiger partial charge is 0.135 e. The van der Waals surface area contributed by atoms with E-state index in [0.29, 0.717) is 11.8 Å². The number of hydrogen-bond donors (Lipinski definition) is 2. The molecule has 152 valence electrons. The van der Waals surface area contributed by atoms with Crippen LogP contribution in [-0.2, 0) is 9.63 Å². The first kappa shape index (κ1) is 19.8. The summed E-state index contributed by atoms with van der Waals surface area (Å²) in [4.78, 5) is 0.170. The summed E-state index contributed by atoms with van der Waals surface area (Å²) in [6, 6.07) is 14.2. The fourth-order valence-electron chi connectivity index (χ4n) is 4.98. The standard InChI is InChI=1S/C24H32O3S/c25-28(26,27,23-15-11-21(12-16-23)19-7-3-1-4-8-19)24-17-13-22(14-18-24)20-9-5-2-6-10-20/h11-20H,1-10H2,(H2,25,26,27). The van der Waals surface area contributed by atoms with Crippen LogP contribution in [0.4, 0.5) is 0 Å². The molecule has 2 aromatic carbocycles. The van der Waals surface area contributed by atoms with Crippen LogP contribution >= 0.6 is 0 Å². The molecule has 0 spiro atoms. The zero-order chi connectivity index (χ0) is 19.6. The maximum atomic E-state index is 13.3. The monoisotopic (exact) mass is 400 g/mol. The summed E-state index contributed by atoms with van der Waals surface area (Å²) in [5.74, 6) is 1.06. The van der Waals surface area contributed by atoms with Gasteiger partial charge in [-0.05, 0) is 72.9 Å². The van der Waals surface area contributed by atoms with Crippen LogP contribution in [0.2, 0.25) is 0 Å². The van der Waals surface area contributed by atoms with Gasteiger partial charge in [-0.1, -0.05) is 62.8 Å².